The Morgan fingerprint density at radius 1 is 1.28 bits per heavy atom. The van der Waals surface area contributed by atoms with E-state index in [1.165, 1.54) is 35.3 Å². The molecular weight excluding hydrogens is 356 g/mol. The first-order valence-electron chi connectivity index (χ1n) is 7.82. The van der Waals surface area contributed by atoms with E-state index in [1.54, 1.807) is 10.6 Å². The number of ether oxygens (including phenoxy) is 1. The van der Waals surface area contributed by atoms with Gasteiger partial charge in [0.1, 0.15) is 6.54 Å². The fourth-order valence-electron chi connectivity index (χ4n) is 2.42. The summed E-state index contributed by atoms with van der Waals surface area (Å²) in [5, 5.41) is 1.84. The van der Waals surface area contributed by atoms with E-state index in [1.807, 2.05) is 23.6 Å². The Bertz CT molecular complexity index is 982. The summed E-state index contributed by atoms with van der Waals surface area (Å²) in [4.78, 5) is 29.5. The summed E-state index contributed by atoms with van der Waals surface area (Å²) in [7, 11) is 1.35. The van der Waals surface area contributed by atoms with Gasteiger partial charge >= 0.3 is 5.97 Å². The van der Waals surface area contributed by atoms with Crippen molar-refractivity contribution < 1.29 is 14.3 Å². The van der Waals surface area contributed by atoms with Crippen LogP contribution in [0.3, 0.4) is 0 Å². The molecule has 0 bridgehead atoms. The van der Waals surface area contributed by atoms with Crippen LogP contribution in [0, 0.1) is 0 Å². The Labute approximate surface area is 153 Å². The average molecular weight is 374 g/mol. The van der Waals surface area contributed by atoms with Crippen LogP contribution in [0.25, 0.3) is 10.2 Å². The molecule has 1 aromatic carbocycles. The zero-order valence-corrected chi connectivity index (χ0v) is 15.8. The highest BCUT2D eigenvalue weighted by Crippen LogP contribution is 2.24. The minimum absolute atomic E-state index is 0.0219. The highest BCUT2D eigenvalue weighted by Gasteiger charge is 2.14. The van der Waals surface area contributed by atoms with Gasteiger partial charge in [0, 0.05) is 0 Å². The largest absolute Gasteiger partial charge is 0.468 e. The zero-order chi connectivity index (χ0) is 18.0. The Kier molecular flexibility index (Phi) is 5.15. The Morgan fingerprint density at radius 2 is 2.08 bits per heavy atom. The molecule has 0 aliphatic rings. The summed E-state index contributed by atoms with van der Waals surface area (Å²) in [6, 6.07) is 9.66. The third-order valence-electron chi connectivity index (χ3n) is 3.82. The number of hydrogen-bond donors (Lipinski definition) is 0. The second kappa shape index (κ2) is 7.33. The van der Waals surface area contributed by atoms with Crippen LogP contribution in [-0.4, -0.2) is 23.6 Å². The molecule has 0 N–H and O–H groups in total. The maximum absolute atomic E-state index is 12.4. The highest BCUT2D eigenvalue weighted by atomic mass is 32.1. The van der Waals surface area contributed by atoms with E-state index >= 15 is 0 Å². The molecule has 0 atom stereocenters. The fourth-order valence-corrected chi connectivity index (χ4v) is 4.11. The summed E-state index contributed by atoms with van der Waals surface area (Å²) in [5.41, 5.74) is 2.08. The molecule has 0 saturated heterocycles. The molecule has 1 amide bonds. The molecule has 2 heterocycles. The van der Waals surface area contributed by atoms with E-state index in [0.717, 1.165) is 10.2 Å². The van der Waals surface area contributed by atoms with Crippen LogP contribution >= 0.6 is 22.7 Å². The van der Waals surface area contributed by atoms with Crippen LogP contribution in [0.1, 0.15) is 35.0 Å². The molecular formula is C18H18N2O3S2. The number of thiazole rings is 1. The lowest BCUT2D eigenvalue weighted by molar-refractivity contribution is -0.141. The fraction of sp³-hybridized carbons (Fsp3) is 0.278. The first-order chi connectivity index (χ1) is 12.0. The van der Waals surface area contributed by atoms with Crippen molar-refractivity contribution in [3.63, 3.8) is 0 Å². The topological polar surface area (TPSA) is 60.7 Å². The van der Waals surface area contributed by atoms with Gasteiger partial charge in [0.2, 0.25) is 0 Å². The van der Waals surface area contributed by atoms with Crippen molar-refractivity contribution in [3.05, 3.63) is 51.0 Å². The van der Waals surface area contributed by atoms with Gasteiger partial charge in [-0.05, 0) is 35.1 Å². The second-order valence-corrected chi connectivity index (χ2v) is 7.78. The average Bonchev–Trinajstić information content (AvgIpc) is 3.23. The number of carbonyl (C=O) groups excluding carboxylic acids is 2. The number of fused-ring (bicyclic) bond motifs is 1. The molecule has 5 nitrogen and oxygen atoms in total. The molecule has 0 saturated carbocycles. The summed E-state index contributed by atoms with van der Waals surface area (Å²) < 4.78 is 7.52. The van der Waals surface area contributed by atoms with E-state index < -0.39 is 0 Å². The Morgan fingerprint density at radius 3 is 2.72 bits per heavy atom. The van der Waals surface area contributed by atoms with E-state index in [-0.39, 0.29) is 18.4 Å². The molecule has 7 heteroatoms. The molecule has 0 fully saturated rings. The van der Waals surface area contributed by atoms with E-state index in [0.29, 0.717) is 15.6 Å². The van der Waals surface area contributed by atoms with Crippen molar-refractivity contribution in [3.8, 4) is 0 Å². The number of esters is 1. The van der Waals surface area contributed by atoms with Crippen LogP contribution in [0.4, 0.5) is 0 Å². The Hall–Kier alpha value is -2.25. The molecule has 130 valence electrons. The van der Waals surface area contributed by atoms with Gasteiger partial charge < -0.3 is 9.30 Å². The van der Waals surface area contributed by atoms with Gasteiger partial charge in [-0.15, -0.1) is 11.3 Å². The van der Waals surface area contributed by atoms with Crippen molar-refractivity contribution in [2.75, 3.05) is 7.11 Å². The van der Waals surface area contributed by atoms with Crippen LogP contribution in [0.15, 0.2) is 40.7 Å². The van der Waals surface area contributed by atoms with Crippen molar-refractivity contribution >= 4 is 44.8 Å². The highest BCUT2D eigenvalue weighted by molar-refractivity contribution is 7.16. The molecule has 0 radical (unpaired) electrons. The molecule has 3 rings (SSSR count). The van der Waals surface area contributed by atoms with Crippen LogP contribution in [0.5, 0.6) is 0 Å². The molecule has 25 heavy (non-hydrogen) atoms. The summed E-state index contributed by atoms with van der Waals surface area (Å²) in [6.45, 7) is 4.28. The number of methoxy groups -OCH3 is 1. The number of aromatic nitrogens is 1. The van der Waals surface area contributed by atoms with Crippen LogP contribution in [-0.2, 0) is 16.1 Å². The zero-order valence-electron chi connectivity index (χ0n) is 14.2. The maximum atomic E-state index is 12.4. The molecule has 3 aromatic rings. The van der Waals surface area contributed by atoms with Gasteiger partial charge in [0.25, 0.3) is 5.91 Å². The monoisotopic (exact) mass is 374 g/mol. The van der Waals surface area contributed by atoms with E-state index in [4.69, 9.17) is 4.74 Å². The standard InChI is InChI=1S/C18H18N2O3S2/c1-11(2)12-6-7-13-15(9-12)25-18(20(13)10-16(21)23-3)19-17(22)14-5-4-8-24-14/h4-9,11H,10H2,1-3H3. The normalized spacial score (nSPS) is 12.1. The second-order valence-electron chi connectivity index (χ2n) is 5.82. The number of benzene rings is 1. The van der Waals surface area contributed by atoms with E-state index in [2.05, 4.69) is 24.9 Å². The molecule has 2 aromatic heterocycles. The number of hydrogen-bond acceptors (Lipinski definition) is 5. The van der Waals surface area contributed by atoms with Crippen LogP contribution < -0.4 is 4.80 Å². The minimum Gasteiger partial charge on any atom is -0.468 e. The summed E-state index contributed by atoms with van der Waals surface area (Å²) in [6.07, 6.45) is 0. The van der Waals surface area contributed by atoms with Gasteiger partial charge in [-0.1, -0.05) is 37.3 Å². The third-order valence-corrected chi connectivity index (χ3v) is 5.72. The smallest absolute Gasteiger partial charge is 0.325 e. The number of amides is 1. The maximum Gasteiger partial charge on any atom is 0.325 e. The van der Waals surface area contributed by atoms with Crippen LogP contribution in [0.2, 0.25) is 0 Å². The van der Waals surface area contributed by atoms with Gasteiger partial charge in [-0.2, -0.15) is 4.99 Å². The van der Waals surface area contributed by atoms with Gasteiger partial charge in [-0.25, -0.2) is 0 Å². The molecule has 0 spiro atoms. The van der Waals surface area contributed by atoms with Crippen molar-refractivity contribution in [2.24, 2.45) is 4.99 Å². The lowest BCUT2D eigenvalue weighted by Crippen LogP contribution is -2.22. The minimum atomic E-state index is -0.377. The lowest BCUT2D eigenvalue weighted by Gasteiger charge is -2.06. The van der Waals surface area contributed by atoms with Gasteiger partial charge in [0.15, 0.2) is 4.80 Å². The SMILES string of the molecule is COC(=O)Cn1c(=NC(=O)c2cccs2)sc2cc(C(C)C)ccc21. The number of nitrogens with zero attached hydrogens (tertiary/aromatic N) is 2. The summed E-state index contributed by atoms with van der Waals surface area (Å²) in [5.74, 6) is -0.282. The molecule has 0 aliphatic heterocycles. The molecule has 0 unspecified atom stereocenters. The third kappa shape index (κ3) is 3.72. The van der Waals surface area contributed by atoms with Gasteiger partial charge in [-0.3, -0.25) is 9.59 Å². The first-order valence-corrected chi connectivity index (χ1v) is 9.52. The van der Waals surface area contributed by atoms with Gasteiger partial charge in [0.05, 0.1) is 22.2 Å². The predicted molar refractivity (Wildman–Crippen MR) is 100 cm³/mol. The lowest BCUT2D eigenvalue weighted by atomic mass is 10.0. The van der Waals surface area contributed by atoms with Crippen molar-refractivity contribution in [1.29, 1.82) is 0 Å². The van der Waals surface area contributed by atoms with Crippen molar-refractivity contribution in [2.45, 2.75) is 26.3 Å². The predicted octanol–water partition coefficient (Wildman–Crippen LogP) is 3.80. The number of carbonyl (C=O) groups is 2. The number of thiophene rings is 1. The quantitative estimate of drug-likeness (QED) is 0.653. The van der Waals surface area contributed by atoms with Crippen molar-refractivity contribution in [1.82, 2.24) is 4.57 Å². The Balaban J connectivity index is 2.16. The number of rotatable bonds is 4. The van der Waals surface area contributed by atoms with E-state index in [9.17, 15) is 9.59 Å². The molecule has 0 aliphatic carbocycles. The first kappa shape index (κ1) is 17.6. The summed E-state index contributed by atoms with van der Waals surface area (Å²) >= 11 is 2.75.